The molecule has 2 aromatic rings. The van der Waals surface area contributed by atoms with Crippen LogP contribution in [0.1, 0.15) is 17.5 Å². The van der Waals surface area contributed by atoms with Crippen LogP contribution in [0.15, 0.2) is 42.6 Å². The van der Waals surface area contributed by atoms with Crippen molar-refractivity contribution in [2.75, 3.05) is 37.6 Å². The van der Waals surface area contributed by atoms with Gasteiger partial charge in [0.1, 0.15) is 11.6 Å². The largest absolute Gasteiger partial charge is 0.417 e. The van der Waals surface area contributed by atoms with Crippen molar-refractivity contribution in [2.45, 2.75) is 19.0 Å². The van der Waals surface area contributed by atoms with Gasteiger partial charge in [-0.3, -0.25) is 0 Å². The van der Waals surface area contributed by atoms with Gasteiger partial charge in [0.15, 0.2) is 0 Å². The van der Waals surface area contributed by atoms with Gasteiger partial charge in [0.2, 0.25) is 0 Å². The Balaban J connectivity index is 1.48. The molecule has 1 aromatic heterocycles. The van der Waals surface area contributed by atoms with E-state index in [9.17, 15) is 22.4 Å². The molecule has 0 bridgehead atoms. The number of urea groups is 1. The normalized spacial score (nSPS) is 15.2. The lowest BCUT2D eigenvalue weighted by Gasteiger charge is -2.23. The highest BCUT2D eigenvalue weighted by molar-refractivity contribution is 5.74. The Morgan fingerprint density at radius 3 is 2.45 bits per heavy atom. The summed E-state index contributed by atoms with van der Waals surface area (Å²) in [7, 11) is 0. The van der Waals surface area contributed by atoms with Crippen LogP contribution in [0.3, 0.4) is 0 Å². The van der Waals surface area contributed by atoms with Crippen molar-refractivity contribution in [2.24, 2.45) is 0 Å². The zero-order chi connectivity index (χ0) is 20.9. The number of halogens is 4. The first-order chi connectivity index (χ1) is 13.8. The maximum Gasteiger partial charge on any atom is 0.417 e. The average Bonchev–Trinajstić information content (AvgIpc) is 2.95. The molecule has 1 saturated heterocycles. The number of benzene rings is 1. The molecule has 5 nitrogen and oxygen atoms in total. The average molecular weight is 410 g/mol. The Labute approximate surface area is 166 Å². The highest BCUT2D eigenvalue weighted by Crippen LogP contribution is 2.29. The molecular formula is C20H22F4N4O. The van der Waals surface area contributed by atoms with Gasteiger partial charge in [-0.2, -0.15) is 13.2 Å². The lowest BCUT2D eigenvalue weighted by atomic mass is 10.1. The number of pyridine rings is 1. The Bertz CT molecular complexity index is 809. The van der Waals surface area contributed by atoms with Crippen molar-refractivity contribution in [3.8, 4) is 0 Å². The highest BCUT2D eigenvalue weighted by atomic mass is 19.4. The molecule has 156 valence electrons. The molecule has 1 aliphatic heterocycles. The molecule has 1 aromatic carbocycles. The number of hydrogen-bond donors (Lipinski definition) is 1. The standard InChI is InChI=1S/C20H22F4N4O/c21-17-5-2-15(3-6-17)8-9-25-19(29)28-11-1-10-27(12-13-28)18-7-4-16(14-26-18)20(22,23)24/h2-7,14H,1,8-13H2,(H,25,29). The van der Waals surface area contributed by atoms with Crippen LogP contribution < -0.4 is 10.2 Å². The van der Waals surface area contributed by atoms with Gasteiger partial charge in [0.25, 0.3) is 0 Å². The van der Waals surface area contributed by atoms with Crippen LogP contribution in [-0.2, 0) is 12.6 Å². The van der Waals surface area contributed by atoms with Crippen LogP contribution in [0.4, 0.5) is 28.2 Å². The van der Waals surface area contributed by atoms with E-state index in [1.807, 2.05) is 4.90 Å². The zero-order valence-electron chi connectivity index (χ0n) is 15.8. The summed E-state index contributed by atoms with van der Waals surface area (Å²) in [6, 6.07) is 8.33. The van der Waals surface area contributed by atoms with E-state index in [-0.39, 0.29) is 11.8 Å². The first kappa shape index (κ1) is 20.9. The summed E-state index contributed by atoms with van der Waals surface area (Å²) in [6.07, 6.45) is -2.29. The first-order valence-corrected chi connectivity index (χ1v) is 9.38. The maximum atomic E-state index is 12.9. The molecule has 1 N–H and O–H groups in total. The molecule has 3 rings (SSSR count). The number of carbonyl (C=O) groups excluding carboxylic acids is 1. The fourth-order valence-corrected chi connectivity index (χ4v) is 3.17. The molecule has 0 atom stereocenters. The first-order valence-electron chi connectivity index (χ1n) is 9.38. The Morgan fingerprint density at radius 1 is 1.03 bits per heavy atom. The third kappa shape index (κ3) is 5.82. The minimum Gasteiger partial charge on any atom is -0.355 e. The van der Waals surface area contributed by atoms with E-state index < -0.39 is 11.7 Å². The van der Waals surface area contributed by atoms with Gasteiger partial charge in [-0.1, -0.05) is 12.1 Å². The molecule has 0 spiro atoms. The molecule has 1 fully saturated rings. The summed E-state index contributed by atoms with van der Waals surface area (Å²) in [5.74, 6) is 0.172. The fraction of sp³-hybridized carbons (Fsp3) is 0.400. The van der Waals surface area contributed by atoms with Crippen LogP contribution in [0.2, 0.25) is 0 Å². The van der Waals surface area contributed by atoms with Crippen LogP contribution in [0.25, 0.3) is 0 Å². The Morgan fingerprint density at radius 2 is 1.79 bits per heavy atom. The maximum absolute atomic E-state index is 12.9. The van der Waals surface area contributed by atoms with Crippen molar-refractivity contribution >= 4 is 11.8 Å². The summed E-state index contributed by atoms with van der Waals surface area (Å²) in [4.78, 5) is 19.9. The van der Waals surface area contributed by atoms with Gasteiger partial charge < -0.3 is 15.1 Å². The van der Waals surface area contributed by atoms with E-state index in [1.54, 1.807) is 17.0 Å². The predicted octanol–water partition coefficient (Wildman–Crippen LogP) is 3.70. The van der Waals surface area contributed by atoms with E-state index in [0.29, 0.717) is 51.4 Å². The van der Waals surface area contributed by atoms with Gasteiger partial charge in [0.05, 0.1) is 5.56 Å². The number of amides is 2. The molecule has 2 amide bonds. The molecule has 2 heterocycles. The summed E-state index contributed by atoms with van der Waals surface area (Å²) < 4.78 is 50.9. The van der Waals surface area contributed by atoms with Crippen molar-refractivity contribution in [1.29, 1.82) is 0 Å². The number of rotatable bonds is 4. The number of carbonyl (C=O) groups is 1. The van der Waals surface area contributed by atoms with Crippen molar-refractivity contribution < 1.29 is 22.4 Å². The molecule has 9 heteroatoms. The van der Waals surface area contributed by atoms with Crippen LogP contribution in [0.5, 0.6) is 0 Å². The zero-order valence-corrected chi connectivity index (χ0v) is 15.8. The lowest BCUT2D eigenvalue weighted by Crippen LogP contribution is -2.42. The SMILES string of the molecule is O=C(NCCc1ccc(F)cc1)N1CCCN(c2ccc(C(F)(F)F)cn2)CC1. The van der Waals surface area contributed by atoms with Gasteiger partial charge in [-0.05, 0) is 42.7 Å². The van der Waals surface area contributed by atoms with Crippen LogP contribution in [-0.4, -0.2) is 48.6 Å². The second kappa shape index (κ2) is 9.11. The second-order valence-corrected chi connectivity index (χ2v) is 6.84. The van der Waals surface area contributed by atoms with Crippen molar-refractivity contribution in [3.05, 3.63) is 59.5 Å². The van der Waals surface area contributed by atoms with Crippen LogP contribution >= 0.6 is 0 Å². The predicted molar refractivity (Wildman–Crippen MR) is 101 cm³/mol. The van der Waals surface area contributed by atoms with Gasteiger partial charge in [-0.15, -0.1) is 0 Å². The van der Waals surface area contributed by atoms with E-state index in [0.717, 1.165) is 17.8 Å². The van der Waals surface area contributed by atoms with Gasteiger partial charge in [0, 0.05) is 38.9 Å². The molecule has 0 radical (unpaired) electrons. The van der Waals surface area contributed by atoms with E-state index in [1.165, 1.54) is 18.2 Å². The molecular weight excluding hydrogens is 388 g/mol. The molecule has 1 aliphatic rings. The number of nitrogens with one attached hydrogen (secondary N) is 1. The second-order valence-electron chi connectivity index (χ2n) is 6.84. The molecule has 0 saturated carbocycles. The van der Waals surface area contributed by atoms with Gasteiger partial charge in [-0.25, -0.2) is 14.2 Å². The summed E-state index contributed by atoms with van der Waals surface area (Å²) >= 11 is 0. The highest BCUT2D eigenvalue weighted by Gasteiger charge is 2.31. The lowest BCUT2D eigenvalue weighted by molar-refractivity contribution is -0.137. The number of alkyl halides is 3. The topological polar surface area (TPSA) is 48.5 Å². The molecule has 29 heavy (non-hydrogen) atoms. The van der Waals surface area contributed by atoms with Crippen molar-refractivity contribution in [1.82, 2.24) is 15.2 Å². The quantitative estimate of drug-likeness (QED) is 0.782. The Hall–Kier alpha value is -2.84. The van der Waals surface area contributed by atoms with Gasteiger partial charge >= 0.3 is 12.2 Å². The summed E-state index contributed by atoms with van der Waals surface area (Å²) in [6.45, 7) is 2.54. The third-order valence-electron chi connectivity index (χ3n) is 4.79. The smallest absolute Gasteiger partial charge is 0.355 e. The minimum atomic E-state index is -4.41. The van der Waals surface area contributed by atoms with E-state index >= 15 is 0 Å². The van der Waals surface area contributed by atoms with Crippen LogP contribution in [0, 0.1) is 5.82 Å². The minimum absolute atomic E-state index is 0.186. The summed E-state index contributed by atoms with van der Waals surface area (Å²) in [5, 5.41) is 2.86. The number of hydrogen-bond acceptors (Lipinski definition) is 3. The number of nitrogens with zero attached hydrogens (tertiary/aromatic N) is 3. The fourth-order valence-electron chi connectivity index (χ4n) is 3.17. The van der Waals surface area contributed by atoms with E-state index in [2.05, 4.69) is 10.3 Å². The molecule has 0 unspecified atom stereocenters. The summed E-state index contributed by atoms with van der Waals surface area (Å²) in [5.41, 5.74) is 0.153. The molecule has 0 aliphatic carbocycles. The monoisotopic (exact) mass is 410 g/mol. The Kier molecular flexibility index (Phi) is 6.56. The number of aromatic nitrogens is 1. The van der Waals surface area contributed by atoms with E-state index in [4.69, 9.17) is 0 Å². The number of anilines is 1. The van der Waals surface area contributed by atoms with Crippen molar-refractivity contribution in [3.63, 3.8) is 0 Å². The third-order valence-corrected chi connectivity index (χ3v) is 4.79.